The van der Waals surface area contributed by atoms with Crippen LogP contribution in [0.1, 0.15) is 87.9 Å². The standard InChI is InChI=1S/C25H35NO4/c1-3-4-5-6-7-8-9-10-11-18-30-25(29)20-13-15-21(16-14-20)26-23-22(27)17-12-19(2)24(23)28/h13-16,23,26H,2-12,17-18H2,1H3. The zero-order valence-corrected chi connectivity index (χ0v) is 18.2. The average molecular weight is 414 g/mol. The lowest BCUT2D eigenvalue weighted by molar-refractivity contribution is -0.128. The third kappa shape index (κ3) is 7.77. The molecule has 1 atom stereocenters. The van der Waals surface area contributed by atoms with Gasteiger partial charge in [-0.15, -0.1) is 0 Å². The summed E-state index contributed by atoms with van der Waals surface area (Å²) in [6.07, 6.45) is 11.7. The molecule has 1 fully saturated rings. The Morgan fingerprint density at radius 2 is 1.57 bits per heavy atom. The van der Waals surface area contributed by atoms with Crippen LogP contribution in [-0.4, -0.2) is 30.2 Å². The largest absolute Gasteiger partial charge is 0.462 e. The fraction of sp³-hybridized carbons (Fsp3) is 0.560. The molecule has 0 saturated heterocycles. The molecule has 164 valence electrons. The lowest BCUT2D eigenvalue weighted by atomic mass is 9.89. The average Bonchev–Trinajstić information content (AvgIpc) is 2.75. The molecule has 0 aliphatic heterocycles. The Bertz CT molecular complexity index is 723. The lowest BCUT2D eigenvalue weighted by Crippen LogP contribution is -2.41. The molecule has 2 rings (SSSR count). The highest BCUT2D eigenvalue weighted by atomic mass is 16.5. The fourth-order valence-corrected chi connectivity index (χ4v) is 3.57. The summed E-state index contributed by atoms with van der Waals surface area (Å²) in [7, 11) is 0. The molecular weight excluding hydrogens is 378 g/mol. The fourth-order valence-electron chi connectivity index (χ4n) is 3.57. The molecule has 0 amide bonds. The first-order valence-electron chi connectivity index (χ1n) is 11.3. The molecular formula is C25H35NO4. The molecule has 5 nitrogen and oxygen atoms in total. The van der Waals surface area contributed by atoms with Gasteiger partial charge in [-0.1, -0.05) is 64.9 Å². The van der Waals surface area contributed by atoms with Crippen molar-refractivity contribution in [3.8, 4) is 0 Å². The van der Waals surface area contributed by atoms with E-state index >= 15 is 0 Å². The van der Waals surface area contributed by atoms with Crippen LogP contribution < -0.4 is 5.32 Å². The molecule has 30 heavy (non-hydrogen) atoms. The molecule has 1 unspecified atom stereocenters. The zero-order valence-electron chi connectivity index (χ0n) is 18.2. The topological polar surface area (TPSA) is 72.5 Å². The summed E-state index contributed by atoms with van der Waals surface area (Å²) in [6.45, 7) is 6.38. The summed E-state index contributed by atoms with van der Waals surface area (Å²) in [5, 5.41) is 2.95. The van der Waals surface area contributed by atoms with Crippen molar-refractivity contribution >= 4 is 23.2 Å². The summed E-state index contributed by atoms with van der Waals surface area (Å²) in [5.41, 5.74) is 1.55. The molecule has 1 aliphatic carbocycles. The first-order valence-corrected chi connectivity index (χ1v) is 11.3. The number of carbonyl (C=O) groups is 3. The van der Waals surface area contributed by atoms with Gasteiger partial charge in [0.05, 0.1) is 12.2 Å². The highest BCUT2D eigenvalue weighted by Crippen LogP contribution is 2.20. The minimum atomic E-state index is -0.879. The van der Waals surface area contributed by atoms with Gasteiger partial charge in [-0.3, -0.25) is 9.59 Å². The monoisotopic (exact) mass is 413 g/mol. The predicted molar refractivity (Wildman–Crippen MR) is 120 cm³/mol. The summed E-state index contributed by atoms with van der Waals surface area (Å²) in [5.74, 6) is -0.730. The van der Waals surface area contributed by atoms with Crippen LogP contribution in [-0.2, 0) is 14.3 Å². The first-order chi connectivity index (χ1) is 14.5. The van der Waals surface area contributed by atoms with E-state index < -0.39 is 6.04 Å². The van der Waals surface area contributed by atoms with Crippen molar-refractivity contribution in [1.82, 2.24) is 0 Å². The van der Waals surface area contributed by atoms with Crippen LogP contribution in [0.4, 0.5) is 5.69 Å². The smallest absolute Gasteiger partial charge is 0.338 e. The molecule has 1 saturated carbocycles. The second-order valence-electron chi connectivity index (χ2n) is 8.05. The minimum absolute atomic E-state index is 0.128. The molecule has 1 aromatic rings. The molecule has 0 spiro atoms. The number of unbranched alkanes of at least 4 members (excludes halogenated alkanes) is 8. The minimum Gasteiger partial charge on any atom is -0.462 e. The Balaban J connectivity index is 1.66. The summed E-state index contributed by atoms with van der Waals surface area (Å²) < 4.78 is 5.35. The van der Waals surface area contributed by atoms with E-state index in [-0.39, 0.29) is 17.5 Å². The number of benzene rings is 1. The van der Waals surface area contributed by atoms with Crippen molar-refractivity contribution in [2.24, 2.45) is 0 Å². The van der Waals surface area contributed by atoms with E-state index in [2.05, 4.69) is 18.8 Å². The molecule has 0 radical (unpaired) electrons. The van der Waals surface area contributed by atoms with Gasteiger partial charge in [0.2, 0.25) is 0 Å². The van der Waals surface area contributed by atoms with Crippen molar-refractivity contribution in [2.75, 3.05) is 11.9 Å². The highest BCUT2D eigenvalue weighted by molar-refractivity contribution is 6.17. The van der Waals surface area contributed by atoms with E-state index in [0.717, 1.165) is 12.8 Å². The van der Waals surface area contributed by atoms with Crippen molar-refractivity contribution in [3.63, 3.8) is 0 Å². The number of Topliss-reactive ketones (excluding diaryl/α,β-unsaturated/α-hetero) is 2. The summed E-state index contributed by atoms with van der Waals surface area (Å²) >= 11 is 0. The van der Waals surface area contributed by atoms with Crippen molar-refractivity contribution in [1.29, 1.82) is 0 Å². The van der Waals surface area contributed by atoms with Gasteiger partial charge in [-0.05, 0) is 42.7 Å². The second-order valence-corrected chi connectivity index (χ2v) is 8.05. The quantitative estimate of drug-likeness (QED) is 0.196. The van der Waals surface area contributed by atoms with Crippen LogP contribution in [0, 0.1) is 0 Å². The molecule has 0 bridgehead atoms. The number of ketones is 2. The van der Waals surface area contributed by atoms with E-state index in [1.165, 1.54) is 44.9 Å². The van der Waals surface area contributed by atoms with Crippen LogP contribution >= 0.6 is 0 Å². The Morgan fingerprint density at radius 1 is 0.967 bits per heavy atom. The van der Waals surface area contributed by atoms with E-state index in [4.69, 9.17) is 4.74 Å². The Morgan fingerprint density at radius 3 is 2.20 bits per heavy atom. The summed E-state index contributed by atoms with van der Waals surface area (Å²) in [6, 6.07) is 5.79. The van der Waals surface area contributed by atoms with Gasteiger partial charge in [0.15, 0.2) is 11.6 Å². The van der Waals surface area contributed by atoms with Gasteiger partial charge in [-0.25, -0.2) is 4.79 Å². The number of hydrogen-bond acceptors (Lipinski definition) is 5. The number of ether oxygens (including phenoxy) is 1. The van der Waals surface area contributed by atoms with Crippen LogP contribution in [0.2, 0.25) is 0 Å². The molecule has 1 aliphatic rings. The second kappa shape index (κ2) is 13.0. The van der Waals surface area contributed by atoms with Gasteiger partial charge in [-0.2, -0.15) is 0 Å². The Labute approximate surface area is 180 Å². The first kappa shape index (κ1) is 23.8. The number of esters is 1. The maximum atomic E-state index is 12.2. The van der Waals surface area contributed by atoms with Crippen molar-refractivity contribution in [3.05, 3.63) is 42.0 Å². The number of anilines is 1. The van der Waals surface area contributed by atoms with Gasteiger partial charge < -0.3 is 10.1 Å². The molecule has 1 N–H and O–H groups in total. The normalized spacial score (nSPS) is 16.6. The van der Waals surface area contributed by atoms with Gasteiger partial charge in [0.25, 0.3) is 0 Å². The van der Waals surface area contributed by atoms with Crippen molar-refractivity contribution in [2.45, 2.75) is 83.6 Å². The van der Waals surface area contributed by atoms with E-state index in [1.54, 1.807) is 24.3 Å². The maximum absolute atomic E-state index is 12.2. The van der Waals surface area contributed by atoms with Crippen LogP contribution in [0.5, 0.6) is 0 Å². The zero-order chi connectivity index (χ0) is 21.8. The van der Waals surface area contributed by atoms with Gasteiger partial charge in [0.1, 0.15) is 6.04 Å². The van der Waals surface area contributed by atoms with Crippen LogP contribution in [0.25, 0.3) is 0 Å². The van der Waals surface area contributed by atoms with Crippen LogP contribution in [0.15, 0.2) is 36.4 Å². The molecule has 0 aromatic heterocycles. The van der Waals surface area contributed by atoms with Gasteiger partial charge in [0, 0.05) is 12.1 Å². The number of carbonyl (C=O) groups excluding carboxylic acids is 3. The third-order valence-electron chi connectivity index (χ3n) is 5.52. The molecule has 0 heterocycles. The molecule has 1 aromatic carbocycles. The number of nitrogens with one attached hydrogen (secondary N) is 1. The summed E-state index contributed by atoms with van der Waals surface area (Å²) in [4.78, 5) is 36.3. The Kier molecular flexibility index (Phi) is 10.3. The van der Waals surface area contributed by atoms with E-state index in [1.807, 2.05) is 0 Å². The third-order valence-corrected chi connectivity index (χ3v) is 5.52. The number of hydrogen-bond donors (Lipinski definition) is 1. The SMILES string of the molecule is C=C1CCC(=O)C(Nc2ccc(C(=O)OCCCCCCCCCCC)cc2)C1=O. The lowest BCUT2D eigenvalue weighted by Gasteiger charge is -2.23. The van der Waals surface area contributed by atoms with E-state index in [0.29, 0.717) is 36.3 Å². The number of rotatable bonds is 13. The predicted octanol–water partition coefficient (Wildman–Crippen LogP) is 5.64. The van der Waals surface area contributed by atoms with Gasteiger partial charge >= 0.3 is 5.97 Å². The maximum Gasteiger partial charge on any atom is 0.338 e. The van der Waals surface area contributed by atoms with Crippen molar-refractivity contribution < 1.29 is 19.1 Å². The highest BCUT2D eigenvalue weighted by Gasteiger charge is 2.32. The molecule has 5 heteroatoms. The van der Waals surface area contributed by atoms with E-state index in [9.17, 15) is 14.4 Å². The van der Waals surface area contributed by atoms with Crippen LogP contribution in [0.3, 0.4) is 0 Å². The Hall–Kier alpha value is -2.43.